The second-order valence-corrected chi connectivity index (χ2v) is 9.29. The molecule has 0 bridgehead atoms. The van der Waals surface area contributed by atoms with Crippen molar-refractivity contribution < 1.29 is 0 Å². The third-order valence-electron chi connectivity index (χ3n) is 6.32. The lowest BCUT2D eigenvalue weighted by Gasteiger charge is -2.04. The lowest BCUT2D eigenvalue weighted by Crippen LogP contribution is -1.86. The topological polar surface area (TPSA) is 4.93 Å². The van der Waals surface area contributed by atoms with Crippen LogP contribution in [0.3, 0.4) is 0 Å². The second-order valence-electron chi connectivity index (χ2n) is 8.20. The fourth-order valence-corrected chi connectivity index (χ4v) is 6.00. The molecule has 2 aromatic heterocycles. The van der Waals surface area contributed by atoms with Gasteiger partial charge in [-0.25, -0.2) is 0 Å². The fourth-order valence-electron chi connectivity index (χ4n) is 4.79. The van der Waals surface area contributed by atoms with Gasteiger partial charge in [0.1, 0.15) is 0 Å². The van der Waals surface area contributed by atoms with Crippen molar-refractivity contribution in [3.05, 3.63) is 84.4 Å². The van der Waals surface area contributed by atoms with E-state index in [-0.39, 0.29) is 0 Å². The van der Waals surface area contributed by atoms with Gasteiger partial charge in [-0.15, -0.1) is 11.3 Å². The van der Waals surface area contributed by atoms with Gasteiger partial charge in [0, 0.05) is 49.0 Å². The van der Waals surface area contributed by atoms with E-state index in [0.717, 1.165) is 6.42 Å². The van der Waals surface area contributed by atoms with Gasteiger partial charge in [-0.2, -0.15) is 0 Å². The Kier molecular flexibility index (Phi) is 3.97. The number of nitrogens with zero attached hydrogens (tertiary/aromatic N) is 1. The van der Waals surface area contributed by atoms with Crippen molar-refractivity contribution in [2.24, 2.45) is 7.05 Å². The monoisotopic (exact) mass is 405 g/mol. The zero-order chi connectivity index (χ0) is 20.2. The molecule has 0 amide bonds. The molecule has 1 nitrogen and oxygen atoms in total. The van der Waals surface area contributed by atoms with Crippen LogP contribution in [-0.4, -0.2) is 4.57 Å². The second kappa shape index (κ2) is 6.72. The Morgan fingerprint density at radius 1 is 0.667 bits per heavy atom. The summed E-state index contributed by atoms with van der Waals surface area (Å²) < 4.78 is 5.06. The molecule has 0 saturated carbocycles. The van der Waals surface area contributed by atoms with E-state index < -0.39 is 0 Å². The number of hydrogen-bond donors (Lipinski definition) is 0. The maximum atomic E-state index is 2.38. The van der Waals surface area contributed by atoms with E-state index in [2.05, 4.69) is 97.4 Å². The van der Waals surface area contributed by atoms with Gasteiger partial charge in [-0.05, 0) is 53.4 Å². The smallest absolute Gasteiger partial charge is 0.0489 e. The molecule has 0 fully saturated rings. The molecule has 0 radical (unpaired) electrons. The summed E-state index contributed by atoms with van der Waals surface area (Å²) in [5, 5.41) is 5.40. The summed E-state index contributed by atoms with van der Waals surface area (Å²) in [5.74, 6) is 0. The number of rotatable bonds is 3. The normalized spacial score (nSPS) is 11.9. The third-order valence-corrected chi connectivity index (χ3v) is 7.44. The molecule has 2 heteroatoms. The average Bonchev–Trinajstić information content (AvgIpc) is 3.28. The molecule has 0 saturated heterocycles. The van der Waals surface area contributed by atoms with Crippen LogP contribution in [0.2, 0.25) is 0 Å². The van der Waals surface area contributed by atoms with Gasteiger partial charge < -0.3 is 4.57 Å². The van der Waals surface area contributed by atoms with Gasteiger partial charge in [0.25, 0.3) is 0 Å². The average molecular weight is 406 g/mol. The summed E-state index contributed by atoms with van der Waals surface area (Å²) in [5.41, 5.74) is 6.58. The van der Waals surface area contributed by atoms with E-state index in [1.54, 1.807) is 0 Å². The standard InChI is InChI=1S/C28H23NS/c1-3-6-18-9-12-22-23-13-10-20(17-28(23)30-27(22)15-18)19-11-14-26-24(16-19)21-7-4-5-8-25(21)29(26)2/h4-5,7-17H,3,6H2,1-2H3. The molecule has 0 spiro atoms. The number of para-hydroxylation sites is 1. The van der Waals surface area contributed by atoms with Gasteiger partial charge >= 0.3 is 0 Å². The Hall–Kier alpha value is -3.10. The SMILES string of the molecule is CCCc1ccc2c(c1)sc1cc(-c3ccc4c(c3)c3ccccc3n4C)ccc12. The number of thiophene rings is 1. The van der Waals surface area contributed by atoms with Crippen LogP contribution in [0.4, 0.5) is 0 Å². The van der Waals surface area contributed by atoms with Crippen molar-refractivity contribution in [2.75, 3.05) is 0 Å². The molecule has 0 atom stereocenters. The van der Waals surface area contributed by atoms with Crippen molar-refractivity contribution in [3.63, 3.8) is 0 Å². The van der Waals surface area contributed by atoms with Crippen molar-refractivity contribution in [1.82, 2.24) is 4.57 Å². The van der Waals surface area contributed by atoms with Crippen LogP contribution < -0.4 is 0 Å². The lowest BCUT2D eigenvalue weighted by molar-refractivity contribution is 0.924. The predicted molar refractivity (Wildman–Crippen MR) is 133 cm³/mol. The van der Waals surface area contributed by atoms with E-state index in [1.807, 2.05) is 11.3 Å². The molecule has 2 heterocycles. The first kappa shape index (κ1) is 17.7. The van der Waals surface area contributed by atoms with Crippen LogP contribution in [0.5, 0.6) is 0 Å². The highest BCUT2D eigenvalue weighted by Gasteiger charge is 2.11. The number of aromatic nitrogens is 1. The molecule has 6 aromatic rings. The van der Waals surface area contributed by atoms with E-state index in [9.17, 15) is 0 Å². The molecular weight excluding hydrogens is 382 g/mol. The summed E-state index contributed by atoms with van der Waals surface area (Å²) in [7, 11) is 2.15. The summed E-state index contributed by atoms with van der Waals surface area (Å²) in [6, 6.07) is 29.5. The zero-order valence-electron chi connectivity index (χ0n) is 17.3. The molecule has 146 valence electrons. The predicted octanol–water partition coefficient (Wildman–Crippen LogP) is 8.32. The largest absolute Gasteiger partial charge is 0.344 e. The van der Waals surface area contributed by atoms with Crippen LogP contribution in [0.1, 0.15) is 18.9 Å². The Labute approximate surface area is 180 Å². The molecule has 0 aliphatic heterocycles. The number of fused-ring (bicyclic) bond motifs is 6. The highest BCUT2D eigenvalue weighted by Crippen LogP contribution is 2.38. The fraction of sp³-hybridized carbons (Fsp3) is 0.143. The van der Waals surface area contributed by atoms with E-state index in [4.69, 9.17) is 0 Å². The van der Waals surface area contributed by atoms with Crippen LogP contribution in [0, 0.1) is 0 Å². The molecule has 4 aromatic carbocycles. The highest BCUT2D eigenvalue weighted by atomic mass is 32.1. The maximum Gasteiger partial charge on any atom is 0.0489 e. The Morgan fingerprint density at radius 3 is 2.23 bits per heavy atom. The van der Waals surface area contributed by atoms with Gasteiger partial charge in [0.2, 0.25) is 0 Å². The van der Waals surface area contributed by atoms with Crippen LogP contribution in [0.25, 0.3) is 53.1 Å². The van der Waals surface area contributed by atoms with E-state index >= 15 is 0 Å². The highest BCUT2D eigenvalue weighted by molar-refractivity contribution is 7.25. The minimum atomic E-state index is 1.15. The summed E-state index contributed by atoms with van der Waals surface area (Å²) >= 11 is 1.92. The zero-order valence-corrected chi connectivity index (χ0v) is 18.1. The third kappa shape index (κ3) is 2.60. The molecule has 0 aliphatic rings. The van der Waals surface area contributed by atoms with Gasteiger partial charge in [-0.3, -0.25) is 0 Å². The van der Waals surface area contributed by atoms with Crippen molar-refractivity contribution in [3.8, 4) is 11.1 Å². The molecule has 30 heavy (non-hydrogen) atoms. The summed E-state index contributed by atoms with van der Waals surface area (Å²) in [4.78, 5) is 0. The Balaban J connectivity index is 1.52. The van der Waals surface area contributed by atoms with E-state index in [1.165, 1.54) is 65.1 Å². The first-order chi connectivity index (χ1) is 14.7. The van der Waals surface area contributed by atoms with Crippen LogP contribution in [0.15, 0.2) is 78.9 Å². The first-order valence-corrected chi connectivity index (χ1v) is 11.5. The summed E-state index contributed by atoms with van der Waals surface area (Å²) in [6.07, 6.45) is 2.34. The van der Waals surface area contributed by atoms with Gasteiger partial charge in [0.05, 0.1) is 0 Å². The van der Waals surface area contributed by atoms with Crippen molar-refractivity contribution in [2.45, 2.75) is 19.8 Å². The van der Waals surface area contributed by atoms with Crippen LogP contribution in [-0.2, 0) is 13.5 Å². The van der Waals surface area contributed by atoms with E-state index in [0.29, 0.717) is 0 Å². The van der Waals surface area contributed by atoms with Gasteiger partial charge in [-0.1, -0.05) is 61.9 Å². The number of aryl methyl sites for hydroxylation is 2. The molecule has 0 unspecified atom stereocenters. The Morgan fingerprint density at radius 2 is 1.37 bits per heavy atom. The first-order valence-electron chi connectivity index (χ1n) is 10.7. The number of benzene rings is 4. The quantitative estimate of drug-likeness (QED) is 0.279. The molecule has 0 aliphatic carbocycles. The minimum absolute atomic E-state index is 1.15. The summed E-state index contributed by atoms with van der Waals surface area (Å²) in [6.45, 7) is 2.24. The lowest BCUT2D eigenvalue weighted by atomic mass is 10.0. The van der Waals surface area contributed by atoms with Crippen LogP contribution >= 0.6 is 11.3 Å². The van der Waals surface area contributed by atoms with Gasteiger partial charge in [0.15, 0.2) is 0 Å². The Bertz CT molecular complexity index is 1560. The van der Waals surface area contributed by atoms with Crippen molar-refractivity contribution >= 4 is 53.3 Å². The molecular formula is C28H23NS. The minimum Gasteiger partial charge on any atom is -0.344 e. The van der Waals surface area contributed by atoms with Crippen molar-refractivity contribution in [1.29, 1.82) is 0 Å². The molecule has 0 N–H and O–H groups in total. The number of hydrogen-bond acceptors (Lipinski definition) is 1. The maximum absolute atomic E-state index is 2.38. The molecule has 6 rings (SSSR count).